The van der Waals surface area contributed by atoms with Gasteiger partial charge in [0.1, 0.15) is 18.2 Å². The van der Waals surface area contributed by atoms with E-state index in [0.717, 1.165) is 68.8 Å². The van der Waals surface area contributed by atoms with Gasteiger partial charge < -0.3 is 35.5 Å². The fourth-order valence-electron chi connectivity index (χ4n) is 6.05. The number of aromatic amines is 2. The molecule has 0 radical (unpaired) electrons. The number of carbonyl (C=O) groups is 3. The Labute approximate surface area is 308 Å². The highest BCUT2D eigenvalue weighted by Gasteiger charge is 2.40. The Morgan fingerprint density at radius 2 is 1.33 bits per heavy atom. The highest BCUT2D eigenvalue weighted by molar-refractivity contribution is 7.80. The molecule has 1 fully saturated rings. The number of carbonyl (C=O) groups excluding carboxylic acids is 2. The van der Waals surface area contributed by atoms with Crippen LogP contribution in [-0.4, -0.2) is 84.7 Å². The van der Waals surface area contributed by atoms with Crippen molar-refractivity contribution in [2.24, 2.45) is 5.41 Å². The molecule has 270 valence electrons. The average Bonchev–Trinajstić information content (AvgIpc) is 3.46. The third-order valence-corrected chi connectivity index (χ3v) is 9.50. The van der Waals surface area contributed by atoms with Crippen LogP contribution in [0.5, 0.6) is 0 Å². The van der Waals surface area contributed by atoms with Crippen molar-refractivity contribution < 1.29 is 19.5 Å². The Morgan fingerprint density at radius 3 is 1.92 bits per heavy atom. The van der Waals surface area contributed by atoms with Gasteiger partial charge in [0.05, 0.1) is 43.4 Å². The van der Waals surface area contributed by atoms with Crippen LogP contribution in [0.4, 0.5) is 4.79 Å². The zero-order valence-electron chi connectivity index (χ0n) is 29.4. The van der Waals surface area contributed by atoms with Gasteiger partial charge in [-0.3, -0.25) is 9.59 Å². The maximum atomic E-state index is 13.0. The molecule has 1 aliphatic rings. The van der Waals surface area contributed by atoms with Crippen LogP contribution in [0.15, 0.2) is 85.3 Å². The van der Waals surface area contributed by atoms with Crippen LogP contribution in [0.3, 0.4) is 0 Å². The van der Waals surface area contributed by atoms with Crippen LogP contribution in [0, 0.1) is 5.41 Å². The lowest BCUT2D eigenvalue weighted by molar-refractivity contribution is -0.132. The van der Waals surface area contributed by atoms with Gasteiger partial charge in [-0.2, -0.15) is 12.6 Å². The first-order chi connectivity index (χ1) is 25.0. The number of amides is 3. The summed E-state index contributed by atoms with van der Waals surface area (Å²) in [6, 6.07) is 20.9. The molecule has 1 aliphatic carbocycles. The number of allylic oxidation sites excluding steroid dienone is 1. The van der Waals surface area contributed by atoms with Gasteiger partial charge >= 0.3 is 6.09 Å². The molecule has 5 aromatic rings. The van der Waals surface area contributed by atoms with Gasteiger partial charge in [-0.15, -0.1) is 0 Å². The molecule has 13 heteroatoms. The average molecular weight is 721 g/mol. The molecule has 1 saturated carbocycles. The highest BCUT2D eigenvalue weighted by Crippen LogP contribution is 2.45. The summed E-state index contributed by atoms with van der Waals surface area (Å²) in [4.78, 5) is 55.5. The minimum Gasteiger partial charge on any atom is -0.465 e. The monoisotopic (exact) mass is 720 g/mol. The minimum atomic E-state index is -1.25. The second-order valence-electron chi connectivity index (χ2n) is 13.7. The maximum Gasteiger partial charge on any atom is 0.405 e. The molecule has 52 heavy (non-hydrogen) atoms. The summed E-state index contributed by atoms with van der Waals surface area (Å²) in [7, 11) is 0. The van der Waals surface area contributed by atoms with Crippen LogP contribution in [0.25, 0.3) is 44.4 Å². The lowest BCUT2D eigenvalue weighted by Gasteiger charge is -2.25. The first kappa shape index (κ1) is 36.2. The van der Waals surface area contributed by atoms with E-state index in [0.29, 0.717) is 31.2 Å². The molecule has 0 unspecified atom stereocenters. The molecule has 5 N–H and O–H groups in total. The van der Waals surface area contributed by atoms with Crippen molar-refractivity contribution in [3.05, 3.63) is 97.0 Å². The van der Waals surface area contributed by atoms with E-state index in [1.807, 2.05) is 30.2 Å². The van der Waals surface area contributed by atoms with Crippen LogP contribution >= 0.6 is 12.6 Å². The van der Waals surface area contributed by atoms with E-state index in [-0.39, 0.29) is 36.9 Å². The van der Waals surface area contributed by atoms with Crippen molar-refractivity contribution in [1.82, 2.24) is 40.4 Å². The Hall–Kier alpha value is -5.56. The second kappa shape index (κ2) is 15.8. The fourth-order valence-corrected chi connectivity index (χ4v) is 6.30. The summed E-state index contributed by atoms with van der Waals surface area (Å²) in [6.07, 6.45) is 4.57. The summed E-state index contributed by atoms with van der Waals surface area (Å²) in [6.45, 7) is 9.54. The molecule has 6 rings (SSSR count). The predicted octanol–water partition coefficient (Wildman–Crippen LogP) is 6.06. The lowest BCUT2D eigenvalue weighted by atomic mass is 9.98. The molecule has 3 amide bonds. The van der Waals surface area contributed by atoms with Gasteiger partial charge in [-0.25, -0.2) is 14.8 Å². The van der Waals surface area contributed by atoms with Crippen LogP contribution < -0.4 is 10.6 Å². The van der Waals surface area contributed by atoms with Crippen LogP contribution in [0.1, 0.15) is 38.3 Å². The summed E-state index contributed by atoms with van der Waals surface area (Å²) >= 11 is 4.23. The summed E-state index contributed by atoms with van der Waals surface area (Å²) in [5, 5.41) is 16.2. The fraction of sp³-hybridized carbons (Fsp3) is 0.308. The quantitative estimate of drug-likeness (QED) is 0.0676. The number of benzene rings is 3. The number of imidazole rings is 2. The number of carboxylic acid groups (broad SMARTS) is 1. The summed E-state index contributed by atoms with van der Waals surface area (Å²) in [5.74, 6) is 1.47. The minimum absolute atomic E-state index is 0.0346. The number of hydrogen-bond donors (Lipinski definition) is 6. The Bertz CT molecular complexity index is 2090. The van der Waals surface area contributed by atoms with E-state index in [9.17, 15) is 14.4 Å². The van der Waals surface area contributed by atoms with Gasteiger partial charge in [0.25, 0.3) is 0 Å². The Kier molecular flexibility index (Phi) is 11.0. The molecule has 0 saturated heterocycles. The molecule has 0 aliphatic heterocycles. The van der Waals surface area contributed by atoms with E-state index in [1.54, 1.807) is 6.20 Å². The molecule has 12 nitrogen and oxygen atoms in total. The van der Waals surface area contributed by atoms with Crippen molar-refractivity contribution in [3.63, 3.8) is 0 Å². The Morgan fingerprint density at radius 1 is 0.808 bits per heavy atom. The lowest BCUT2D eigenvalue weighted by Crippen LogP contribution is -2.40. The van der Waals surface area contributed by atoms with Gasteiger partial charge in [-0.05, 0) is 64.8 Å². The topological polar surface area (TPSA) is 159 Å². The van der Waals surface area contributed by atoms with Crippen LogP contribution in [0.2, 0.25) is 0 Å². The molecule has 0 atom stereocenters. The van der Waals surface area contributed by atoms with Gasteiger partial charge in [0.15, 0.2) is 0 Å². The summed E-state index contributed by atoms with van der Waals surface area (Å²) in [5.41, 5.74) is 6.80. The van der Waals surface area contributed by atoms with Crippen molar-refractivity contribution in [3.8, 4) is 33.6 Å². The zero-order chi connectivity index (χ0) is 36.8. The van der Waals surface area contributed by atoms with Crippen LogP contribution in [-0.2, 0) is 22.7 Å². The molecule has 2 heterocycles. The number of thiol groups is 1. The third-order valence-electron chi connectivity index (χ3n) is 9.30. The normalized spacial score (nSPS) is 13.1. The van der Waals surface area contributed by atoms with Gasteiger partial charge in [0, 0.05) is 30.1 Å². The van der Waals surface area contributed by atoms with Crippen molar-refractivity contribution in [1.29, 1.82) is 0 Å². The molecule has 0 spiro atoms. The number of hydrogen-bond acceptors (Lipinski definition) is 7. The first-order valence-corrected chi connectivity index (χ1v) is 17.9. The van der Waals surface area contributed by atoms with E-state index >= 15 is 0 Å². The SMILES string of the molecule is C=C(C)NCC(=O)N(Cc1ncc(-c2ccc3cc(-c4ccc(-c5cnc(CN(CCS)C(=O)CNC(=O)O)[nH]5)cc4)ccc3c2)[nH]1)CC1(C)CC1. The smallest absolute Gasteiger partial charge is 0.405 e. The predicted molar refractivity (Wildman–Crippen MR) is 205 cm³/mol. The molecule has 3 aromatic carbocycles. The number of fused-ring (bicyclic) bond motifs is 1. The largest absolute Gasteiger partial charge is 0.465 e. The van der Waals surface area contributed by atoms with E-state index < -0.39 is 6.09 Å². The second-order valence-corrected chi connectivity index (χ2v) is 14.2. The van der Waals surface area contributed by atoms with E-state index in [1.165, 1.54) is 4.90 Å². The van der Waals surface area contributed by atoms with Crippen molar-refractivity contribution >= 4 is 41.3 Å². The number of nitrogens with zero attached hydrogens (tertiary/aromatic N) is 4. The molecular weight excluding hydrogens is 677 g/mol. The maximum absolute atomic E-state index is 13.0. The Balaban J connectivity index is 1.11. The van der Waals surface area contributed by atoms with Crippen molar-refractivity contribution in [2.45, 2.75) is 39.8 Å². The zero-order valence-corrected chi connectivity index (χ0v) is 30.3. The van der Waals surface area contributed by atoms with Crippen molar-refractivity contribution in [2.75, 3.05) is 31.9 Å². The first-order valence-electron chi connectivity index (χ1n) is 17.2. The highest BCUT2D eigenvalue weighted by atomic mass is 32.1. The van der Waals surface area contributed by atoms with E-state index in [4.69, 9.17) is 5.11 Å². The number of rotatable bonds is 16. The van der Waals surface area contributed by atoms with Gasteiger partial charge in [-0.1, -0.05) is 62.0 Å². The van der Waals surface area contributed by atoms with Gasteiger partial charge in [0.2, 0.25) is 11.8 Å². The molecule has 0 bridgehead atoms. The number of H-pyrrole nitrogens is 2. The third kappa shape index (κ3) is 9.21. The number of aromatic nitrogens is 4. The standard InChI is InChI=1S/C39H44N8O4S/c1-25(2)40-20-37(49)47(24-39(3)12-13-39)23-35-42-19-33(45-35)31-11-10-29-16-28(8-9-30(29)17-31)26-4-6-27(7-5-26)32-18-41-34(44-32)22-46(14-15-52)36(48)21-43-38(50)51/h4-11,16-19,40,43,52H,1,12-15,20-24H2,2-3H3,(H,41,44)(H,42,45)(H,50,51). The number of nitrogens with one attached hydrogen (secondary N) is 4. The van der Waals surface area contributed by atoms with E-state index in [2.05, 4.69) is 105 Å². The summed E-state index contributed by atoms with van der Waals surface area (Å²) < 4.78 is 0. The molecule has 2 aromatic heterocycles. The molecular formula is C39H44N8O4S.